The molecule has 1 unspecified atom stereocenters. The summed E-state index contributed by atoms with van der Waals surface area (Å²) in [6, 6.07) is 0. The summed E-state index contributed by atoms with van der Waals surface area (Å²) in [6.45, 7) is 6.31. The number of nitrogens with one attached hydrogen (secondary N) is 1. The van der Waals surface area contributed by atoms with Crippen molar-refractivity contribution in [2.24, 2.45) is 5.92 Å². The van der Waals surface area contributed by atoms with Crippen molar-refractivity contribution in [2.45, 2.75) is 19.2 Å². The van der Waals surface area contributed by atoms with Crippen LogP contribution in [0.25, 0.3) is 0 Å². The molecule has 0 aliphatic rings. The molecule has 0 bridgehead atoms. The first-order valence-electron chi connectivity index (χ1n) is 3.68. The Kier molecular flexibility index (Phi) is 6.37. The third-order valence-electron chi connectivity index (χ3n) is 1.40. The second kappa shape index (κ2) is 5.74. The Morgan fingerprint density at radius 2 is 1.93 bits per heavy atom. The largest absolute Gasteiger partial charge is 0.344 e. The van der Waals surface area contributed by atoms with Crippen LogP contribution in [0.5, 0.6) is 0 Å². The predicted octanol–water partition coefficient (Wildman–Crippen LogP) is 0.321. The van der Waals surface area contributed by atoms with Crippen LogP contribution in [-0.4, -0.2) is 24.3 Å². The molecular weight excluding hydrogens is 208 g/mol. The highest BCUT2D eigenvalue weighted by atomic mass is 32.2. The Labute approximate surface area is 83.7 Å². The van der Waals surface area contributed by atoms with Gasteiger partial charge in [0.1, 0.15) is 0 Å². The molecule has 0 aliphatic carbocycles. The van der Waals surface area contributed by atoms with Gasteiger partial charge in [-0.2, -0.15) is 8.42 Å². The van der Waals surface area contributed by atoms with Crippen LogP contribution in [0.2, 0.25) is 0 Å². The molecular formula is C7H16N2O4S. The van der Waals surface area contributed by atoms with Gasteiger partial charge in [0.25, 0.3) is 10.1 Å². The SMILES string of the molecule is C=CC(=O)NC(C(C)C)S(=O)(=O)O.N. The number of hydrogen-bond acceptors (Lipinski definition) is 4. The van der Waals surface area contributed by atoms with E-state index in [4.69, 9.17) is 4.55 Å². The maximum atomic E-state index is 10.8. The number of rotatable bonds is 4. The van der Waals surface area contributed by atoms with E-state index in [1.807, 2.05) is 0 Å². The number of amides is 1. The maximum absolute atomic E-state index is 10.8. The van der Waals surface area contributed by atoms with Gasteiger partial charge in [0.2, 0.25) is 5.91 Å². The van der Waals surface area contributed by atoms with Gasteiger partial charge in [-0.1, -0.05) is 20.4 Å². The lowest BCUT2D eigenvalue weighted by Gasteiger charge is -2.17. The van der Waals surface area contributed by atoms with Crippen molar-refractivity contribution in [3.63, 3.8) is 0 Å². The molecule has 0 aromatic rings. The fraction of sp³-hybridized carbons (Fsp3) is 0.571. The molecule has 0 aromatic heterocycles. The minimum absolute atomic E-state index is 0. The second-order valence-electron chi connectivity index (χ2n) is 2.89. The van der Waals surface area contributed by atoms with E-state index in [2.05, 4.69) is 11.9 Å². The van der Waals surface area contributed by atoms with Crippen LogP contribution in [0.1, 0.15) is 13.8 Å². The summed E-state index contributed by atoms with van der Waals surface area (Å²) in [6.07, 6.45) is 0.945. The van der Waals surface area contributed by atoms with Crippen molar-refractivity contribution in [3.05, 3.63) is 12.7 Å². The van der Waals surface area contributed by atoms with Crippen molar-refractivity contribution in [3.8, 4) is 0 Å². The van der Waals surface area contributed by atoms with Crippen LogP contribution in [0.4, 0.5) is 0 Å². The molecule has 14 heavy (non-hydrogen) atoms. The lowest BCUT2D eigenvalue weighted by molar-refractivity contribution is -0.116. The van der Waals surface area contributed by atoms with Gasteiger partial charge in [0, 0.05) is 0 Å². The first-order chi connectivity index (χ1) is 5.79. The fourth-order valence-corrected chi connectivity index (χ4v) is 1.74. The van der Waals surface area contributed by atoms with Crippen LogP contribution in [0.15, 0.2) is 12.7 Å². The Morgan fingerprint density at radius 1 is 1.50 bits per heavy atom. The van der Waals surface area contributed by atoms with E-state index in [1.165, 1.54) is 0 Å². The van der Waals surface area contributed by atoms with E-state index in [1.54, 1.807) is 13.8 Å². The molecule has 7 heteroatoms. The third-order valence-corrected chi connectivity index (χ3v) is 2.70. The van der Waals surface area contributed by atoms with Crippen molar-refractivity contribution in [1.29, 1.82) is 0 Å². The summed E-state index contributed by atoms with van der Waals surface area (Å²) >= 11 is 0. The van der Waals surface area contributed by atoms with Gasteiger partial charge < -0.3 is 11.5 Å². The Balaban J connectivity index is 0. The van der Waals surface area contributed by atoms with Gasteiger partial charge in [-0.3, -0.25) is 9.35 Å². The first kappa shape index (κ1) is 15.5. The number of carbonyl (C=O) groups excluding carboxylic acids is 1. The van der Waals surface area contributed by atoms with Crippen LogP contribution >= 0.6 is 0 Å². The summed E-state index contributed by atoms with van der Waals surface area (Å²) in [5.74, 6) is -1.03. The molecule has 1 amide bonds. The van der Waals surface area contributed by atoms with Crippen molar-refractivity contribution >= 4 is 16.0 Å². The molecule has 0 aliphatic heterocycles. The van der Waals surface area contributed by atoms with Crippen LogP contribution < -0.4 is 11.5 Å². The van der Waals surface area contributed by atoms with E-state index in [-0.39, 0.29) is 6.15 Å². The normalized spacial score (nSPS) is 12.9. The summed E-state index contributed by atoms with van der Waals surface area (Å²) in [5.41, 5.74) is 0. The Morgan fingerprint density at radius 3 is 2.14 bits per heavy atom. The lowest BCUT2D eigenvalue weighted by atomic mass is 10.2. The number of hydrogen-bond donors (Lipinski definition) is 3. The highest BCUT2D eigenvalue weighted by molar-refractivity contribution is 7.86. The number of carbonyl (C=O) groups is 1. The van der Waals surface area contributed by atoms with Crippen molar-refractivity contribution < 1.29 is 17.8 Å². The maximum Gasteiger partial charge on any atom is 0.286 e. The monoisotopic (exact) mass is 224 g/mol. The van der Waals surface area contributed by atoms with Crippen LogP contribution in [0.3, 0.4) is 0 Å². The smallest absolute Gasteiger partial charge is 0.286 e. The Hall–Kier alpha value is -0.920. The second-order valence-corrected chi connectivity index (χ2v) is 4.43. The zero-order valence-corrected chi connectivity index (χ0v) is 9.04. The van der Waals surface area contributed by atoms with Crippen LogP contribution in [-0.2, 0) is 14.9 Å². The van der Waals surface area contributed by atoms with Gasteiger partial charge in [0.15, 0.2) is 5.37 Å². The summed E-state index contributed by atoms with van der Waals surface area (Å²) in [4.78, 5) is 10.8. The molecule has 0 rings (SSSR count). The van der Waals surface area contributed by atoms with E-state index < -0.39 is 27.3 Å². The molecule has 0 heterocycles. The zero-order valence-electron chi connectivity index (χ0n) is 8.23. The van der Waals surface area contributed by atoms with E-state index in [0.29, 0.717) is 0 Å². The molecule has 1 atom stereocenters. The minimum Gasteiger partial charge on any atom is -0.344 e. The molecule has 5 N–H and O–H groups in total. The van der Waals surface area contributed by atoms with E-state index in [9.17, 15) is 13.2 Å². The van der Waals surface area contributed by atoms with Crippen molar-refractivity contribution in [1.82, 2.24) is 11.5 Å². The van der Waals surface area contributed by atoms with E-state index >= 15 is 0 Å². The molecule has 84 valence electrons. The summed E-state index contributed by atoms with van der Waals surface area (Å²) < 4.78 is 30.2. The van der Waals surface area contributed by atoms with Gasteiger partial charge >= 0.3 is 0 Å². The van der Waals surface area contributed by atoms with Gasteiger partial charge in [-0.15, -0.1) is 0 Å². The molecule has 0 spiro atoms. The molecule has 0 saturated carbocycles. The molecule has 0 fully saturated rings. The molecule has 0 radical (unpaired) electrons. The first-order valence-corrected chi connectivity index (χ1v) is 5.18. The van der Waals surface area contributed by atoms with Crippen molar-refractivity contribution in [2.75, 3.05) is 0 Å². The minimum atomic E-state index is -4.25. The average molecular weight is 224 g/mol. The fourth-order valence-electron chi connectivity index (χ4n) is 0.784. The lowest BCUT2D eigenvalue weighted by Crippen LogP contribution is -2.43. The third kappa shape index (κ3) is 4.95. The van der Waals surface area contributed by atoms with Gasteiger partial charge in [0.05, 0.1) is 0 Å². The van der Waals surface area contributed by atoms with Crippen LogP contribution in [0, 0.1) is 5.92 Å². The summed E-state index contributed by atoms with van der Waals surface area (Å²) in [5, 5.41) is 0.831. The Bertz CT molecular complexity index is 297. The van der Waals surface area contributed by atoms with Gasteiger partial charge in [-0.05, 0) is 12.0 Å². The molecule has 0 saturated heterocycles. The standard InChI is InChI=1S/C7H13NO4S.H3N/c1-4-6(9)8-7(5(2)3)13(10,11)12;/h4-5,7H,1H2,2-3H3,(H,8,9)(H,10,11,12);1H3. The highest BCUT2D eigenvalue weighted by Crippen LogP contribution is 2.07. The molecule has 0 aromatic carbocycles. The quantitative estimate of drug-likeness (QED) is 0.469. The summed E-state index contributed by atoms with van der Waals surface area (Å²) in [7, 11) is -4.25. The predicted molar refractivity (Wildman–Crippen MR) is 53.5 cm³/mol. The highest BCUT2D eigenvalue weighted by Gasteiger charge is 2.27. The van der Waals surface area contributed by atoms with E-state index in [0.717, 1.165) is 6.08 Å². The average Bonchev–Trinajstić information content (AvgIpc) is 1.96. The van der Waals surface area contributed by atoms with Gasteiger partial charge in [-0.25, -0.2) is 0 Å². The molecule has 6 nitrogen and oxygen atoms in total. The topological polar surface area (TPSA) is 118 Å². The zero-order chi connectivity index (χ0) is 10.6.